The van der Waals surface area contributed by atoms with E-state index >= 15 is 0 Å². The molecule has 1 aliphatic rings. The van der Waals surface area contributed by atoms with Crippen LogP contribution in [0.5, 0.6) is 23.0 Å². The number of esters is 2. The monoisotopic (exact) mass is 837 g/mol. The second-order valence-electron chi connectivity index (χ2n) is 11.1. The van der Waals surface area contributed by atoms with Crippen LogP contribution in [0.1, 0.15) is 56.0 Å². The number of fused-ring (bicyclic) bond motifs is 1. The van der Waals surface area contributed by atoms with Crippen LogP contribution in [0.4, 0.5) is 0 Å². The van der Waals surface area contributed by atoms with Gasteiger partial charge < -0.3 is 28.4 Å². The van der Waals surface area contributed by atoms with E-state index in [0.29, 0.717) is 67.9 Å². The molecule has 14 heteroatoms. The van der Waals surface area contributed by atoms with Gasteiger partial charge in [-0.25, -0.2) is 14.6 Å². The smallest absolute Gasteiger partial charge is 0.343 e. The van der Waals surface area contributed by atoms with Gasteiger partial charge in [0.25, 0.3) is 5.56 Å². The average molecular weight is 838 g/mol. The van der Waals surface area contributed by atoms with E-state index in [9.17, 15) is 19.6 Å². The van der Waals surface area contributed by atoms with E-state index in [-0.39, 0.29) is 31.0 Å². The molecule has 0 radical (unpaired) electrons. The Hall–Kier alpha value is -5.14. The van der Waals surface area contributed by atoms with Gasteiger partial charge in [0.05, 0.1) is 64.0 Å². The number of thiazole rings is 1. The Morgan fingerprint density at radius 1 is 0.981 bits per heavy atom. The summed E-state index contributed by atoms with van der Waals surface area (Å²) in [7, 11) is 1.27. The minimum Gasteiger partial charge on any atom is -0.490 e. The topological polar surface area (TPSA) is 148 Å². The number of benzene rings is 3. The van der Waals surface area contributed by atoms with Crippen molar-refractivity contribution < 1.29 is 38.0 Å². The summed E-state index contributed by atoms with van der Waals surface area (Å²) in [6, 6.07) is 17.2. The standard InChI is InChI=1S/C38H36IN3O9S/c1-6-47-29-18-24(13-14-28(29)50-21-32(43)46-5)34-33(37(45)49-8-3)22(4)41-38-42(34)36(44)31(52-38)17-23-15-27(39)35(30(16-23)48-7-2)51-20-26-12-10-9-11-25(26)19-40/h9-18,34H,6-8,20-21H2,1-5H3/b31-17-/t34-/m0/s1. The molecule has 2 heterocycles. The van der Waals surface area contributed by atoms with Crippen LogP contribution in [0.25, 0.3) is 6.08 Å². The highest BCUT2D eigenvalue weighted by Gasteiger charge is 2.34. The number of aromatic nitrogens is 1. The van der Waals surface area contributed by atoms with Crippen molar-refractivity contribution in [3.8, 4) is 29.1 Å². The first-order chi connectivity index (χ1) is 25.1. The van der Waals surface area contributed by atoms with Gasteiger partial charge in [0.15, 0.2) is 34.4 Å². The maximum Gasteiger partial charge on any atom is 0.343 e. The lowest BCUT2D eigenvalue weighted by Gasteiger charge is -2.25. The zero-order chi connectivity index (χ0) is 37.4. The summed E-state index contributed by atoms with van der Waals surface area (Å²) in [5.74, 6) is 0.458. The van der Waals surface area contributed by atoms with E-state index in [2.05, 4.69) is 33.7 Å². The van der Waals surface area contributed by atoms with Gasteiger partial charge >= 0.3 is 11.9 Å². The zero-order valence-electron chi connectivity index (χ0n) is 29.2. The molecule has 4 aromatic rings. The minimum atomic E-state index is -0.905. The molecule has 0 fully saturated rings. The number of rotatable bonds is 14. The highest BCUT2D eigenvalue weighted by atomic mass is 127. The molecule has 270 valence electrons. The fourth-order valence-electron chi connectivity index (χ4n) is 5.52. The predicted octanol–water partition coefficient (Wildman–Crippen LogP) is 5.20. The van der Waals surface area contributed by atoms with Gasteiger partial charge in [-0.1, -0.05) is 35.6 Å². The Labute approximate surface area is 317 Å². The number of hydrogen-bond acceptors (Lipinski definition) is 12. The number of ether oxygens (including phenoxy) is 6. The first kappa shape index (κ1) is 38.1. The predicted molar refractivity (Wildman–Crippen MR) is 201 cm³/mol. The molecular formula is C38H36IN3O9S. The van der Waals surface area contributed by atoms with E-state index in [4.69, 9.17) is 28.4 Å². The van der Waals surface area contributed by atoms with Crippen LogP contribution in [0.3, 0.4) is 0 Å². The number of carbonyl (C=O) groups excluding carboxylic acids is 2. The van der Waals surface area contributed by atoms with Crippen molar-refractivity contribution in [2.24, 2.45) is 4.99 Å². The van der Waals surface area contributed by atoms with Gasteiger partial charge in [0.2, 0.25) is 0 Å². The summed E-state index contributed by atoms with van der Waals surface area (Å²) < 4.78 is 36.4. The van der Waals surface area contributed by atoms with E-state index in [1.807, 2.05) is 25.1 Å². The lowest BCUT2D eigenvalue weighted by atomic mass is 9.95. The van der Waals surface area contributed by atoms with Crippen molar-refractivity contribution in [3.63, 3.8) is 0 Å². The summed E-state index contributed by atoms with van der Waals surface area (Å²) in [6.07, 6.45) is 1.75. The number of nitrogens with zero attached hydrogens (tertiary/aromatic N) is 3. The Morgan fingerprint density at radius 3 is 2.44 bits per heavy atom. The van der Waals surface area contributed by atoms with E-state index in [1.165, 1.54) is 23.0 Å². The molecule has 5 rings (SSSR count). The van der Waals surface area contributed by atoms with Crippen LogP contribution >= 0.6 is 33.9 Å². The maximum absolute atomic E-state index is 14.3. The van der Waals surface area contributed by atoms with Crippen molar-refractivity contribution in [1.82, 2.24) is 4.57 Å². The first-order valence-corrected chi connectivity index (χ1v) is 18.3. The molecule has 12 nitrogen and oxygen atoms in total. The van der Waals surface area contributed by atoms with Crippen molar-refractivity contribution in [2.75, 3.05) is 33.5 Å². The number of hydrogen-bond donors (Lipinski definition) is 0. The molecule has 52 heavy (non-hydrogen) atoms. The van der Waals surface area contributed by atoms with Crippen LogP contribution in [-0.4, -0.2) is 50.0 Å². The average Bonchev–Trinajstić information content (AvgIpc) is 3.43. The highest BCUT2D eigenvalue weighted by molar-refractivity contribution is 14.1. The van der Waals surface area contributed by atoms with Gasteiger partial charge in [-0.05, 0) is 97.8 Å². The molecule has 3 aromatic carbocycles. The van der Waals surface area contributed by atoms with E-state index < -0.39 is 18.0 Å². The van der Waals surface area contributed by atoms with Crippen molar-refractivity contribution in [1.29, 1.82) is 5.26 Å². The lowest BCUT2D eigenvalue weighted by molar-refractivity contribution is -0.143. The van der Waals surface area contributed by atoms with Crippen LogP contribution in [-0.2, 0) is 25.7 Å². The van der Waals surface area contributed by atoms with E-state index in [0.717, 1.165) is 9.13 Å². The quantitative estimate of drug-likeness (QED) is 0.123. The van der Waals surface area contributed by atoms with Crippen LogP contribution in [0.15, 0.2) is 75.7 Å². The third-order valence-electron chi connectivity index (χ3n) is 7.81. The Kier molecular flexibility index (Phi) is 12.7. The van der Waals surface area contributed by atoms with Gasteiger partial charge in [-0.3, -0.25) is 9.36 Å². The summed E-state index contributed by atoms with van der Waals surface area (Å²) in [5.41, 5.74) is 2.76. The number of methoxy groups -OCH3 is 1. The number of nitriles is 1. The number of halogens is 1. The Bertz CT molecular complexity index is 2250. The molecular weight excluding hydrogens is 801 g/mol. The zero-order valence-corrected chi connectivity index (χ0v) is 32.2. The molecule has 1 aliphatic heterocycles. The fourth-order valence-corrected chi connectivity index (χ4v) is 7.34. The van der Waals surface area contributed by atoms with Gasteiger partial charge in [-0.2, -0.15) is 5.26 Å². The molecule has 0 bridgehead atoms. The van der Waals surface area contributed by atoms with Gasteiger partial charge in [0, 0.05) is 5.56 Å². The Morgan fingerprint density at radius 2 is 1.73 bits per heavy atom. The SMILES string of the molecule is CCOC(=O)C1=C(C)N=c2s/c(=C\c3cc(I)c(OCc4ccccc4C#N)c(OCC)c3)c(=O)n2[C@H]1c1ccc(OCC(=O)OC)c(OCC)c1. The lowest BCUT2D eigenvalue weighted by Crippen LogP contribution is -2.40. The van der Waals surface area contributed by atoms with Gasteiger partial charge in [0.1, 0.15) is 6.61 Å². The summed E-state index contributed by atoms with van der Waals surface area (Å²) in [5, 5.41) is 9.50. The highest BCUT2D eigenvalue weighted by Crippen LogP contribution is 2.37. The maximum atomic E-state index is 14.3. The number of carbonyl (C=O) groups is 2. The molecule has 0 amide bonds. The molecule has 0 spiro atoms. The Balaban J connectivity index is 1.60. The molecule has 0 saturated heterocycles. The third kappa shape index (κ3) is 8.32. The third-order valence-corrected chi connectivity index (χ3v) is 9.60. The summed E-state index contributed by atoms with van der Waals surface area (Å²) in [6.45, 7) is 7.72. The molecule has 1 atom stereocenters. The van der Waals surface area contributed by atoms with Gasteiger partial charge in [-0.15, -0.1) is 0 Å². The van der Waals surface area contributed by atoms with Crippen LogP contribution in [0.2, 0.25) is 0 Å². The molecule has 0 aliphatic carbocycles. The fraction of sp³-hybridized carbons (Fsp3) is 0.289. The van der Waals surface area contributed by atoms with E-state index in [1.54, 1.807) is 63.2 Å². The minimum absolute atomic E-state index is 0.128. The van der Waals surface area contributed by atoms with Crippen molar-refractivity contribution in [3.05, 3.63) is 111 Å². The second kappa shape index (κ2) is 17.4. The number of allylic oxidation sites excluding steroid dienone is 1. The van der Waals surface area contributed by atoms with Crippen molar-refractivity contribution in [2.45, 2.75) is 40.3 Å². The molecule has 1 aromatic heterocycles. The normalized spacial score (nSPS) is 13.8. The summed E-state index contributed by atoms with van der Waals surface area (Å²) in [4.78, 5) is 44.6. The first-order valence-electron chi connectivity index (χ1n) is 16.4. The molecule has 0 unspecified atom stereocenters. The molecule has 0 saturated carbocycles. The van der Waals surface area contributed by atoms with Crippen LogP contribution in [0, 0.1) is 14.9 Å². The largest absolute Gasteiger partial charge is 0.490 e. The second-order valence-corrected chi connectivity index (χ2v) is 13.3. The summed E-state index contributed by atoms with van der Waals surface area (Å²) >= 11 is 3.35. The molecule has 0 N–H and O–H groups in total. The van der Waals surface area contributed by atoms with Crippen molar-refractivity contribution >= 4 is 51.9 Å². The van der Waals surface area contributed by atoms with Crippen LogP contribution < -0.4 is 33.8 Å².